The van der Waals surface area contributed by atoms with E-state index in [0.717, 1.165) is 0 Å². The molecule has 0 heterocycles. The van der Waals surface area contributed by atoms with Gasteiger partial charge >= 0.3 is 0 Å². The third kappa shape index (κ3) is 5.18. The lowest BCUT2D eigenvalue weighted by atomic mass is 10.2. The highest BCUT2D eigenvalue weighted by Gasteiger charge is 2.21. The van der Waals surface area contributed by atoms with Gasteiger partial charge in [0.05, 0.1) is 11.5 Å². The molecule has 0 spiro atoms. The average Bonchev–Trinajstić information content (AvgIpc) is 2.02. The number of hydrogen-bond acceptors (Lipinski definition) is 4. The molecule has 0 saturated heterocycles. The van der Waals surface area contributed by atoms with Crippen LogP contribution in [-0.4, -0.2) is 31.9 Å². The smallest absolute Gasteiger partial charge is 0.221 e. The standard InChI is InChI=1S/C8H18N2O3S/c1-3-7(9)5-14(12,13)4-6(2)8(10)11/h6-7H,3-5,9H2,1-2H3,(H2,10,11). The summed E-state index contributed by atoms with van der Waals surface area (Å²) in [5, 5.41) is 0. The van der Waals surface area contributed by atoms with Crippen LogP contribution in [0.1, 0.15) is 20.3 Å². The van der Waals surface area contributed by atoms with Crippen molar-refractivity contribution in [2.45, 2.75) is 26.3 Å². The zero-order valence-corrected chi connectivity index (χ0v) is 9.38. The quantitative estimate of drug-likeness (QED) is 0.617. The average molecular weight is 222 g/mol. The van der Waals surface area contributed by atoms with E-state index < -0.39 is 21.7 Å². The second kappa shape index (κ2) is 5.31. The molecule has 0 aliphatic heterocycles. The van der Waals surface area contributed by atoms with Gasteiger partial charge in [0.2, 0.25) is 5.91 Å². The van der Waals surface area contributed by atoms with Crippen LogP contribution in [0.2, 0.25) is 0 Å². The van der Waals surface area contributed by atoms with Crippen LogP contribution < -0.4 is 11.5 Å². The van der Waals surface area contributed by atoms with Gasteiger partial charge < -0.3 is 11.5 Å². The van der Waals surface area contributed by atoms with Crippen molar-refractivity contribution in [3.05, 3.63) is 0 Å². The Kier molecular flexibility index (Phi) is 5.07. The fourth-order valence-electron chi connectivity index (χ4n) is 0.975. The van der Waals surface area contributed by atoms with Gasteiger partial charge in [-0.15, -0.1) is 0 Å². The Morgan fingerprint density at radius 1 is 1.36 bits per heavy atom. The molecule has 5 nitrogen and oxygen atoms in total. The van der Waals surface area contributed by atoms with E-state index in [9.17, 15) is 13.2 Å². The Morgan fingerprint density at radius 2 is 1.86 bits per heavy atom. The van der Waals surface area contributed by atoms with Gasteiger partial charge in [-0.3, -0.25) is 4.79 Å². The highest BCUT2D eigenvalue weighted by molar-refractivity contribution is 7.91. The van der Waals surface area contributed by atoms with Crippen molar-refractivity contribution in [1.82, 2.24) is 0 Å². The fourth-order valence-corrected chi connectivity index (χ4v) is 2.93. The lowest BCUT2D eigenvalue weighted by molar-refractivity contribution is -0.120. The van der Waals surface area contributed by atoms with Crippen LogP contribution in [0, 0.1) is 5.92 Å². The number of amides is 1. The largest absolute Gasteiger partial charge is 0.369 e. The van der Waals surface area contributed by atoms with Gasteiger partial charge in [-0.1, -0.05) is 13.8 Å². The van der Waals surface area contributed by atoms with Crippen molar-refractivity contribution < 1.29 is 13.2 Å². The molecule has 0 aromatic rings. The lowest BCUT2D eigenvalue weighted by Gasteiger charge is -2.11. The van der Waals surface area contributed by atoms with E-state index in [2.05, 4.69) is 0 Å². The summed E-state index contributed by atoms with van der Waals surface area (Å²) in [6, 6.07) is -0.361. The summed E-state index contributed by atoms with van der Waals surface area (Å²) >= 11 is 0. The first-order valence-corrected chi connectivity index (χ1v) is 6.36. The molecule has 84 valence electrons. The Morgan fingerprint density at radius 3 is 2.21 bits per heavy atom. The normalized spacial score (nSPS) is 16.2. The van der Waals surface area contributed by atoms with Gasteiger partial charge in [0.1, 0.15) is 0 Å². The molecule has 0 aliphatic rings. The summed E-state index contributed by atoms with van der Waals surface area (Å²) in [5.41, 5.74) is 10.5. The molecule has 0 rings (SSSR count). The number of nitrogens with two attached hydrogens (primary N) is 2. The minimum Gasteiger partial charge on any atom is -0.369 e. The van der Waals surface area contributed by atoms with Gasteiger partial charge in [0.25, 0.3) is 0 Å². The van der Waals surface area contributed by atoms with E-state index in [0.29, 0.717) is 6.42 Å². The lowest BCUT2D eigenvalue weighted by Crippen LogP contribution is -2.34. The molecule has 0 aromatic heterocycles. The first-order chi connectivity index (χ1) is 6.28. The summed E-state index contributed by atoms with van der Waals surface area (Å²) in [5.74, 6) is -1.54. The van der Waals surface area contributed by atoms with Gasteiger partial charge in [-0.25, -0.2) is 8.42 Å². The van der Waals surface area contributed by atoms with Crippen molar-refractivity contribution in [3.8, 4) is 0 Å². The number of carbonyl (C=O) groups is 1. The predicted molar refractivity (Wildman–Crippen MR) is 55.3 cm³/mol. The number of sulfone groups is 1. The zero-order valence-electron chi connectivity index (χ0n) is 8.56. The maximum Gasteiger partial charge on any atom is 0.221 e. The highest BCUT2D eigenvalue weighted by atomic mass is 32.2. The number of carbonyl (C=O) groups excluding carboxylic acids is 1. The summed E-state index contributed by atoms with van der Waals surface area (Å²) in [6.07, 6.45) is 0.601. The van der Waals surface area contributed by atoms with Crippen molar-refractivity contribution in [3.63, 3.8) is 0 Å². The summed E-state index contributed by atoms with van der Waals surface area (Å²) in [4.78, 5) is 10.7. The molecule has 2 unspecified atom stereocenters. The highest BCUT2D eigenvalue weighted by Crippen LogP contribution is 2.03. The molecule has 6 heteroatoms. The van der Waals surface area contributed by atoms with Crippen molar-refractivity contribution in [2.24, 2.45) is 17.4 Å². The minimum atomic E-state index is -3.26. The van der Waals surface area contributed by atoms with Gasteiger partial charge in [-0.2, -0.15) is 0 Å². The minimum absolute atomic E-state index is 0.0822. The topological polar surface area (TPSA) is 103 Å². The second-order valence-electron chi connectivity index (χ2n) is 3.55. The number of hydrogen-bond donors (Lipinski definition) is 2. The first-order valence-electron chi connectivity index (χ1n) is 4.53. The van der Waals surface area contributed by atoms with E-state index in [1.165, 1.54) is 6.92 Å². The van der Waals surface area contributed by atoms with Crippen LogP contribution in [0.15, 0.2) is 0 Å². The van der Waals surface area contributed by atoms with Crippen LogP contribution in [0.5, 0.6) is 0 Å². The molecule has 0 fully saturated rings. The number of rotatable bonds is 6. The molecule has 0 bridgehead atoms. The summed E-state index contributed by atoms with van der Waals surface area (Å²) in [6.45, 7) is 3.31. The van der Waals surface area contributed by atoms with Crippen LogP contribution in [0.3, 0.4) is 0 Å². The zero-order chi connectivity index (χ0) is 11.4. The van der Waals surface area contributed by atoms with E-state index in [4.69, 9.17) is 11.5 Å². The van der Waals surface area contributed by atoms with E-state index in [-0.39, 0.29) is 17.5 Å². The maximum atomic E-state index is 11.4. The van der Waals surface area contributed by atoms with Crippen molar-refractivity contribution in [1.29, 1.82) is 0 Å². The van der Waals surface area contributed by atoms with E-state index >= 15 is 0 Å². The van der Waals surface area contributed by atoms with E-state index in [1.54, 1.807) is 0 Å². The SMILES string of the molecule is CCC(N)CS(=O)(=O)CC(C)C(N)=O. The van der Waals surface area contributed by atoms with Crippen molar-refractivity contribution >= 4 is 15.7 Å². The molecular weight excluding hydrogens is 204 g/mol. The molecule has 0 aliphatic carbocycles. The van der Waals surface area contributed by atoms with Crippen LogP contribution in [0.25, 0.3) is 0 Å². The molecule has 14 heavy (non-hydrogen) atoms. The number of primary amides is 1. The van der Waals surface area contributed by atoms with Gasteiger partial charge in [0.15, 0.2) is 9.84 Å². The third-order valence-electron chi connectivity index (χ3n) is 1.98. The Balaban J connectivity index is 4.28. The molecule has 0 saturated carbocycles. The Bertz CT molecular complexity index is 287. The monoisotopic (exact) mass is 222 g/mol. The van der Waals surface area contributed by atoms with Crippen LogP contribution >= 0.6 is 0 Å². The first kappa shape index (κ1) is 13.4. The summed E-state index contributed by atoms with van der Waals surface area (Å²) in [7, 11) is -3.26. The molecule has 0 aromatic carbocycles. The maximum absolute atomic E-state index is 11.4. The Hall–Kier alpha value is -0.620. The van der Waals surface area contributed by atoms with Gasteiger partial charge in [-0.05, 0) is 6.42 Å². The fraction of sp³-hybridized carbons (Fsp3) is 0.875. The third-order valence-corrected chi connectivity index (χ3v) is 3.93. The molecule has 2 atom stereocenters. The molecule has 1 amide bonds. The second-order valence-corrected chi connectivity index (χ2v) is 5.70. The van der Waals surface area contributed by atoms with Crippen molar-refractivity contribution in [2.75, 3.05) is 11.5 Å². The predicted octanol–water partition coefficient (Wildman–Crippen LogP) is -0.740. The van der Waals surface area contributed by atoms with Crippen LogP contribution in [-0.2, 0) is 14.6 Å². The molecular formula is C8H18N2O3S. The molecule has 4 N–H and O–H groups in total. The molecule has 0 radical (unpaired) electrons. The van der Waals surface area contributed by atoms with E-state index in [1.807, 2.05) is 6.92 Å². The summed E-state index contributed by atoms with van der Waals surface area (Å²) < 4.78 is 22.9. The Labute approximate surface area is 84.8 Å². The van der Waals surface area contributed by atoms with Gasteiger partial charge in [0, 0.05) is 12.0 Å². The van der Waals surface area contributed by atoms with Crippen LogP contribution in [0.4, 0.5) is 0 Å².